The smallest absolute Gasteiger partial charge is 0.295 e. The summed E-state index contributed by atoms with van der Waals surface area (Å²) in [5.41, 5.74) is 1.01. The molecule has 2 heterocycles. The van der Waals surface area contributed by atoms with Crippen LogP contribution in [-0.4, -0.2) is 16.6 Å². The van der Waals surface area contributed by atoms with Crippen molar-refractivity contribution in [3.05, 3.63) is 107 Å². The minimum atomic E-state index is -0.983. The number of hydrogen-bond donors (Lipinski definition) is 0. The molecule has 0 aliphatic carbocycles. The zero-order valence-corrected chi connectivity index (χ0v) is 15.6. The van der Waals surface area contributed by atoms with E-state index in [9.17, 15) is 23.5 Å². The normalized spacial score (nSPS) is 18.1. The van der Waals surface area contributed by atoms with Gasteiger partial charge in [-0.3, -0.25) is 9.59 Å². The average Bonchev–Trinajstić information content (AvgIpc) is 3.00. The fourth-order valence-corrected chi connectivity index (χ4v) is 3.51. The van der Waals surface area contributed by atoms with Gasteiger partial charge in [-0.1, -0.05) is 30.0 Å². The number of aromatic nitrogens is 1. The Morgan fingerprint density at radius 3 is 2.20 bits per heavy atom. The summed E-state index contributed by atoms with van der Waals surface area (Å²) in [5, 5.41) is 13.1. The van der Waals surface area contributed by atoms with Crippen LogP contribution in [0.5, 0.6) is 0 Å². The summed E-state index contributed by atoms with van der Waals surface area (Å²) in [6, 6.07) is 12.6. The molecule has 1 aromatic heterocycles. The Kier molecular flexibility index (Phi) is 5.10. The number of ketones is 1. The lowest BCUT2D eigenvalue weighted by atomic mass is 9.95. The number of Topliss-reactive ketones (excluding diaryl/α,β-unsaturated/α-hetero) is 1. The van der Waals surface area contributed by atoms with E-state index in [0.29, 0.717) is 5.56 Å². The molecular formula is C23H16F2N2O3. The lowest BCUT2D eigenvalue weighted by molar-refractivity contribution is -0.378. The molecular weight excluding hydrogens is 390 g/mol. The molecule has 150 valence electrons. The molecule has 30 heavy (non-hydrogen) atoms. The van der Waals surface area contributed by atoms with Gasteiger partial charge >= 0.3 is 0 Å². The molecule has 0 radical (unpaired) electrons. The van der Waals surface area contributed by atoms with Crippen LogP contribution in [0.1, 0.15) is 22.7 Å². The molecule has 1 fully saturated rings. The number of nitrogens with one attached hydrogen (secondary N) is 1. The molecule has 1 aliphatic rings. The molecule has 1 unspecified atom stereocenters. The third-order valence-electron chi connectivity index (χ3n) is 4.95. The molecule has 2 aromatic carbocycles. The first-order valence-corrected chi connectivity index (χ1v) is 9.18. The maximum Gasteiger partial charge on any atom is 0.295 e. The van der Waals surface area contributed by atoms with Gasteiger partial charge in [0.05, 0.1) is 12.6 Å². The molecule has 0 bridgehead atoms. The summed E-state index contributed by atoms with van der Waals surface area (Å²) in [6.07, 6.45) is 3.38. The number of hydrogen-bond acceptors (Lipinski definition) is 3. The minimum absolute atomic E-state index is 0.0736. The number of pyridine rings is 1. The maximum absolute atomic E-state index is 13.5. The number of amides is 1. The van der Waals surface area contributed by atoms with Crippen molar-refractivity contribution in [1.82, 2.24) is 4.90 Å². The number of carbonyl (C=O) groups excluding carboxylic acids is 2. The largest absolute Gasteiger partial charge is 0.872 e. The molecule has 1 saturated heterocycles. The maximum atomic E-state index is 13.5. The van der Waals surface area contributed by atoms with E-state index >= 15 is 0 Å². The molecule has 0 saturated carbocycles. The molecule has 1 N–H and O–H groups in total. The molecule has 4 rings (SSSR count). The Labute approximate surface area is 170 Å². The molecule has 5 nitrogen and oxygen atoms in total. The van der Waals surface area contributed by atoms with Gasteiger partial charge in [-0.15, -0.1) is 0 Å². The number of halogens is 2. The van der Waals surface area contributed by atoms with Gasteiger partial charge in [-0.2, -0.15) is 0 Å². The highest BCUT2D eigenvalue weighted by Gasteiger charge is 2.44. The van der Waals surface area contributed by atoms with Crippen LogP contribution in [0, 0.1) is 11.6 Å². The minimum Gasteiger partial charge on any atom is -0.872 e. The Hall–Kier alpha value is -3.87. The topological polar surface area (TPSA) is 74.6 Å². The van der Waals surface area contributed by atoms with Gasteiger partial charge in [0.1, 0.15) is 11.6 Å². The van der Waals surface area contributed by atoms with Gasteiger partial charge in [0, 0.05) is 17.2 Å². The van der Waals surface area contributed by atoms with E-state index in [1.54, 1.807) is 24.5 Å². The second-order valence-electron chi connectivity index (χ2n) is 6.88. The summed E-state index contributed by atoms with van der Waals surface area (Å²) in [5.74, 6) is -3.41. The van der Waals surface area contributed by atoms with E-state index in [-0.39, 0.29) is 17.7 Å². The van der Waals surface area contributed by atoms with Crippen molar-refractivity contribution in [1.29, 1.82) is 0 Å². The van der Waals surface area contributed by atoms with Crippen LogP contribution >= 0.6 is 0 Å². The van der Waals surface area contributed by atoms with E-state index in [1.807, 2.05) is 0 Å². The van der Waals surface area contributed by atoms with Crippen LogP contribution in [0.25, 0.3) is 5.76 Å². The fourth-order valence-electron chi connectivity index (χ4n) is 3.51. The SMILES string of the molecule is O=C1C(=O)N(Cc2ccc[nH+]c2)C(c2ccc(F)cc2)/C1=C(\[O-])c1ccc(F)cc1. The highest BCUT2D eigenvalue weighted by atomic mass is 19.1. The van der Waals surface area contributed by atoms with E-state index in [0.717, 1.165) is 17.7 Å². The van der Waals surface area contributed by atoms with Crippen LogP contribution in [0.3, 0.4) is 0 Å². The Morgan fingerprint density at radius 1 is 0.967 bits per heavy atom. The van der Waals surface area contributed by atoms with Crippen LogP contribution in [-0.2, 0) is 16.1 Å². The first-order chi connectivity index (χ1) is 14.5. The van der Waals surface area contributed by atoms with Crippen molar-refractivity contribution in [2.45, 2.75) is 12.6 Å². The first-order valence-electron chi connectivity index (χ1n) is 9.18. The summed E-state index contributed by atoms with van der Waals surface area (Å²) < 4.78 is 26.7. The highest BCUT2D eigenvalue weighted by molar-refractivity contribution is 6.46. The zero-order valence-electron chi connectivity index (χ0n) is 15.6. The average molecular weight is 406 g/mol. The van der Waals surface area contributed by atoms with Crippen molar-refractivity contribution < 1.29 is 28.5 Å². The molecule has 1 amide bonds. The predicted molar refractivity (Wildman–Crippen MR) is 101 cm³/mol. The van der Waals surface area contributed by atoms with Gasteiger partial charge < -0.3 is 10.0 Å². The van der Waals surface area contributed by atoms with E-state index in [1.165, 1.54) is 41.3 Å². The second kappa shape index (κ2) is 7.87. The fraction of sp³-hybridized carbons (Fsp3) is 0.0870. The van der Waals surface area contributed by atoms with Gasteiger partial charge in [0.2, 0.25) is 5.78 Å². The number of likely N-dealkylation sites (tertiary alicyclic amines) is 1. The predicted octanol–water partition coefficient (Wildman–Crippen LogP) is 2.20. The third-order valence-corrected chi connectivity index (χ3v) is 4.95. The van der Waals surface area contributed by atoms with E-state index in [2.05, 4.69) is 4.98 Å². The van der Waals surface area contributed by atoms with Crippen molar-refractivity contribution in [2.75, 3.05) is 0 Å². The van der Waals surface area contributed by atoms with Crippen molar-refractivity contribution in [2.24, 2.45) is 0 Å². The van der Waals surface area contributed by atoms with Gasteiger partial charge in [-0.25, -0.2) is 13.8 Å². The quantitative estimate of drug-likeness (QED) is 0.379. The number of aromatic amines is 1. The van der Waals surface area contributed by atoms with E-state index < -0.39 is 35.1 Å². The van der Waals surface area contributed by atoms with E-state index in [4.69, 9.17) is 0 Å². The molecule has 0 spiro atoms. The number of nitrogens with zero attached hydrogens (tertiary/aromatic N) is 1. The van der Waals surface area contributed by atoms with Gasteiger partial charge in [-0.05, 0) is 41.5 Å². The third kappa shape index (κ3) is 3.57. The zero-order chi connectivity index (χ0) is 21.3. The molecule has 1 atom stereocenters. The van der Waals surface area contributed by atoms with Crippen molar-refractivity contribution in [3.63, 3.8) is 0 Å². The van der Waals surface area contributed by atoms with Crippen molar-refractivity contribution in [3.8, 4) is 0 Å². The summed E-state index contributed by atoms with van der Waals surface area (Å²) in [7, 11) is 0. The summed E-state index contributed by atoms with van der Waals surface area (Å²) in [4.78, 5) is 29.8. The number of benzene rings is 2. The number of rotatable bonds is 4. The standard InChI is InChI=1S/C23H16F2N2O3/c24-17-7-3-15(4-8-17)20-19(21(28)16-5-9-18(25)10-6-16)22(29)23(30)27(20)13-14-2-1-11-26-12-14/h1-12,20,28H,13H2/b21-19+. The Morgan fingerprint density at radius 2 is 1.60 bits per heavy atom. The molecule has 1 aliphatic heterocycles. The van der Waals surface area contributed by atoms with Crippen LogP contribution in [0.4, 0.5) is 8.78 Å². The van der Waals surface area contributed by atoms with Crippen LogP contribution in [0.15, 0.2) is 78.6 Å². The first kappa shape index (κ1) is 19.4. The summed E-state index contributed by atoms with van der Waals surface area (Å²) >= 11 is 0. The second-order valence-corrected chi connectivity index (χ2v) is 6.88. The lowest BCUT2D eigenvalue weighted by Gasteiger charge is -2.27. The molecule has 7 heteroatoms. The van der Waals surface area contributed by atoms with Crippen molar-refractivity contribution >= 4 is 17.4 Å². The Bertz CT molecular complexity index is 1130. The molecule has 3 aromatic rings. The van der Waals surface area contributed by atoms with Gasteiger partial charge in [0.15, 0.2) is 12.4 Å². The highest BCUT2D eigenvalue weighted by Crippen LogP contribution is 2.39. The number of H-pyrrole nitrogens is 1. The lowest BCUT2D eigenvalue weighted by Crippen LogP contribution is -2.29. The summed E-state index contributed by atoms with van der Waals surface area (Å²) in [6.45, 7) is 0.0736. The monoisotopic (exact) mass is 406 g/mol. The number of carbonyl (C=O) groups is 2. The Balaban J connectivity index is 1.85. The van der Waals surface area contributed by atoms with Gasteiger partial charge in [0.25, 0.3) is 5.91 Å². The van der Waals surface area contributed by atoms with Crippen LogP contribution in [0.2, 0.25) is 0 Å². The van der Waals surface area contributed by atoms with Crippen LogP contribution < -0.4 is 10.1 Å².